The Morgan fingerprint density at radius 3 is 2.00 bits per heavy atom. The number of aromatic carboxylic acids is 1. The summed E-state index contributed by atoms with van der Waals surface area (Å²) in [6, 6.07) is 17.4. The molecule has 22 heavy (non-hydrogen) atoms. The minimum absolute atomic E-state index is 0.370. The Kier molecular flexibility index (Phi) is 4.07. The molecule has 4 rings (SSSR count). The molecule has 0 unspecified atom stereocenters. The molecule has 2 aromatic carbocycles. The molecule has 0 saturated carbocycles. The van der Waals surface area contributed by atoms with Gasteiger partial charge in [0.2, 0.25) is 0 Å². The number of fused-ring (bicyclic) bond motifs is 2. The summed E-state index contributed by atoms with van der Waals surface area (Å²) in [5.74, 6) is 0.906. The van der Waals surface area contributed by atoms with E-state index >= 15 is 0 Å². The second-order valence-electron chi connectivity index (χ2n) is 4.54. The molecular formula is C17H13NO3S. The van der Waals surface area contributed by atoms with Gasteiger partial charge in [-0.2, -0.15) is 11.3 Å². The Morgan fingerprint density at radius 1 is 0.955 bits per heavy atom. The lowest BCUT2D eigenvalue weighted by molar-refractivity contribution is 0.0697. The van der Waals surface area contributed by atoms with E-state index in [9.17, 15) is 4.79 Å². The van der Waals surface area contributed by atoms with Crippen molar-refractivity contribution in [2.45, 2.75) is 0 Å². The fourth-order valence-electron chi connectivity index (χ4n) is 1.97. The van der Waals surface area contributed by atoms with Crippen LogP contribution in [0.5, 0.6) is 11.5 Å². The maximum Gasteiger partial charge on any atom is 0.336 e. The second kappa shape index (κ2) is 6.32. The number of thiophene rings is 1. The van der Waals surface area contributed by atoms with Gasteiger partial charge in [0.25, 0.3) is 0 Å². The fourth-order valence-corrected chi connectivity index (χ4v) is 2.60. The first-order chi connectivity index (χ1) is 10.7. The molecule has 110 valence electrons. The van der Waals surface area contributed by atoms with Crippen LogP contribution in [-0.4, -0.2) is 11.1 Å². The third-order valence-electron chi connectivity index (χ3n) is 3.03. The van der Waals surface area contributed by atoms with Gasteiger partial charge in [-0.25, -0.2) is 4.79 Å². The zero-order valence-electron chi connectivity index (χ0n) is 11.5. The lowest BCUT2D eigenvalue weighted by Crippen LogP contribution is -2.01. The normalized spacial score (nSPS) is 10.9. The standard InChI is InChI=1S/C12H9NO.C5H4O2S/c1-3-7-11-9(5-1)13-10-6-2-4-8-12(10)14-11;6-5(7)4-1-2-8-3-4/h1-8,13H;1-3H,(H,6,7). The summed E-state index contributed by atoms with van der Waals surface area (Å²) in [5.41, 5.74) is 2.41. The molecule has 2 N–H and O–H groups in total. The van der Waals surface area contributed by atoms with Crippen LogP contribution < -0.4 is 10.1 Å². The summed E-state index contributed by atoms with van der Waals surface area (Å²) in [6.07, 6.45) is 0. The maximum atomic E-state index is 10.1. The second-order valence-corrected chi connectivity index (χ2v) is 5.32. The predicted octanol–water partition coefficient (Wildman–Crippen LogP) is 4.98. The van der Waals surface area contributed by atoms with Gasteiger partial charge in [-0.15, -0.1) is 0 Å². The first kappa shape index (κ1) is 14.2. The van der Waals surface area contributed by atoms with E-state index in [4.69, 9.17) is 9.84 Å². The van der Waals surface area contributed by atoms with Crippen LogP contribution in [0.25, 0.3) is 0 Å². The molecule has 0 fully saturated rings. The minimum atomic E-state index is -0.855. The molecule has 5 heteroatoms. The molecule has 0 spiro atoms. The highest BCUT2D eigenvalue weighted by atomic mass is 32.1. The minimum Gasteiger partial charge on any atom is -0.478 e. The Morgan fingerprint density at radius 2 is 1.55 bits per heavy atom. The molecule has 0 amide bonds. The summed E-state index contributed by atoms with van der Waals surface area (Å²) in [6.45, 7) is 0. The third kappa shape index (κ3) is 3.10. The predicted molar refractivity (Wildman–Crippen MR) is 87.5 cm³/mol. The van der Waals surface area contributed by atoms with Crippen molar-refractivity contribution in [1.29, 1.82) is 0 Å². The molecule has 0 saturated heterocycles. The first-order valence-electron chi connectivity index (χ1n) is 6.62. The maximum absolute atomic E-state index is 10.1. The molecule has 4 nitrogen and oxygen atoms in total. The quantitative estimate of drug-likeness (QED) is 0.520. The van der Waals surface area contributed by atoms with Gasteiger partial charge in [0.1, 0.15) is 0 Å². The summed E-state index contributed by atoms with van der Waals surface area (Å²) < 4.78 is 5.71. The summed E-state index contributed by atoms with van der Waals surface area (Å²) in [4.78, 5) is 10.1. The fraction of sp³-hybridized carbons (Fsp3) is 0. The Hall–Kier alpha value is -2.79. The Labute approximate surface area is 131 Å². The van der Waals surface area contributed by atoms with E-state index < -0.39 is 5.97 Å². The molecule has 0 bridgehead atoms. The van der Waals surface area contributed by atoms with E-state index in [1.165, 1.54) is 11.3 Å². The van der Waals surface area contributed by atoms with Crippen molar-refractivity contribution in [3.63, 3.8) is 0 Å². The molecular weight excluding hydrogens is 298 g/mol. The number of hydrogen-bond donors (Lipinski definition) is 2. The number of carboxylic acid groups (broad SMARTS) is 1. The molecule has 2 heterocycles. The molecule has 0 radical (unpaired) electrons. The summed E-state index contributed by atoms with van der Waals surface area (Å²) >= 11 is 1.39. The largest absolute Gasteiger partial charge is 0.478 e. The molecule has 0 aliphatic carbocycles. The Balaban J connectivity index is 0.000000154. The van der Waals surface area contributed by atoms with Crippen LogP contribution in [0.2, 0.25) is 0 Å². The van der Waals surface area contributed by atoms with Crippen LogP contribution in [0.3, 0.4) is 0 Å². The van der Waals surface area contributed by atoms with Gasteiger partial charge in [0, 0.05) is 5.38 Å². The van der Waals surface area contributed by atoms with Crippen LogP contribution in [0.4, 0.5) is 11.4 Å². The summed E-state index contributed by atoms with van der Waals surface area (Å²) in [7, 11) is 0. The summed E-state index contributed by atoms with van der Waals surface area (Å²) in [5, 5.41) is 14.9. The van der Waals surface area contributed by atoms with Crippen LogP contribution in [0, 0.1) is 0 Å². The van der Waals surface area contributed by atoms with Crippen molar-refractivity contribution in [2.75, 3.05) is 5.32 Å². The highest BCUT2D eigenvalue weighted by Crippen LogP contribution is 2.40. The zero-order chi connectivity index (χ0) is 15.4. The molecule has 1 aliphatic rings. The third-order valence-corrected chi connectivity index (χ3v) is 3.71. The van der Waals surface area contributed by atoms with Crippen LogP contribution >= 0.6 is 11.3 Å². The smallest absolute Gasteiger partial charge is 0.336 e. The number of carbonyl (C=O) groups is 1. The van der Waals surface area contributed by atoms with E-state index in [1.54, 1.807) is 16.8 Å². The van der Waals surface area contributed by atoms with Gasteiger partial charge in [-0.1, -0.05) is 24.3 Å². The molecule has 1 aliphatic heterocycles. The van der Waals surface area contributed by atoms with Gasteiger partial charge in [0.15, 0.2) is 11.5 Å². The number of rotatable bonds is 1. The first-order valence-corrected chi connectivity index (χ1v) is 7.57. The number of para-hydroxylation sites is 4. The number of anilines is 2. The van der Waals surface area contributed by atoms with Crippen LogP contribution in [0.1, 0.15) is 10.4 Å². The van der Waals surface area contributed by atoms with Gasteiger partial charge in [-0.3, -0.25) is 0 Å². The average Bonchev–Trinajstić information content (AvgIpc) is 3.08. The zero-order valence-corrected chi connectivity index (χ0v) is 12.3. The van der Waals surface area contributed by atoms with Crippen molar-refractivity contribution in [1.82, 2.24) is 0 Å². The van der Waals surface area contributed by atoms with Gasteiger partial charge < -0.3 is 15.2 Å². The monoisotopic (exact) mass is 311 g/mol. The van der Waals surface area contributed by atoms with E-state index in [0.29, 0.717) is 5.56 Å². The van der Waals surface area contributed by atoms with E-state index in [-0.39, 0.29) is 0 Å². The van der Waals surface area contributed by atoms with Crippen molar-refractivity contribution in [3.8, 4) is 11.5 Å². The van der Waals surface area contributed by atoms with E-state index in [2.05, 4.69) is 5.32 Å². The lowest BCUT2D eigenvalue weighted by atomic mass is 10.2. The highest BCUT2D eigenvalue weighted by molar-refractivity contribution is 7.08. The van der Waals surface area contributed by atoms with Gasteiger partial charge >= 0.3 is 5.97 Å². The molecule has 3 aromatic rings. The van der Waals surface area contributed by atoms with Crippen molar-refractivity contribution in [3.05, 3.63) is 70.9 Å². The van der Waals surface area contributed by atoms with Crippen molar-refractivity contribution < 1.29 is 14.6 Å². The van der Waals surface area contributed by atoms with Crippen molar-refractivity contribution in [2.24, 2.45) is 0 Å². The molecule has 1 aromatic heterocycles. The lowest BCUT2D eigenvalue weighted by Gasteiger charge is -2.20. The topological polar surface area (TPSA) is 58.6 Å². The van der Waals surface area contributed by atoms with E-state index in [1.807, 2.05) is 48.5 Å². The number of nitrogens with one attached hydrogen (secondary N) is 1. The number of hydrogen-bond acceptors (Lipinski definition) is 4. The van der Waals surface area contributed by atoms with E-state index in [0.717, 1.165) is 22.9 Å². The van der Waals surface area contributed by atoms with Crippen LogP contribution in [0.15, 0.2) is 65.4 Å². The number of ether oxygens (including phenoxy) is 1. The highest BCUT2D eigenvalue weighted by Gasteiger charge is 2.13. The SMILES string of the molecule is O=C(O)c1ccsc1.c1ccc2c(c1)Nc1ccccc1O2. The average molecular weight is 311 g/mol. The van der Waals surface area contributed by atoms with Gasteiger partial charge in [0.05, 0.1) is 16.9 Å². The Bertz CT molecular complexity index is 697. The number of carboxylic acids is 1. The van der Waals surface area contributed by atoms with Gasteiger partial charge in [-0.05, 0) is 35.7 Å². The number of benzene rings is 2. The molecule has 0 atom stereocenters. The van der Waals surface area contributed by atoms with Crippen molar-refractivity contribution >= 4 is 28.7 Å². The van der Waals surface area contributed by atoms with Crippen LogP contribution in [-0.2, 0) is 0 Å².